The molecule has 0 aliphatic carbocycles. The van der Waals surface area contributed by atoms with Crippen LogP contribution >= 0.6 is 7.92 Å². The molecule has 0 aliphatic heterocycles. The second-order valence-corrected chi connectivity index (χ2v) is 41.0. The van der Waals surface area contributed by atoms with Crippen LogP contribution in [0.25, 0.3) is 11.1 Å². The summed E-state index contributed by atoms with van der Waals surface area (Å²) in [7, 11) is -5.15. The molecule has 3 aromatic rings. The third-order valence-electron chi connectivity index (χ3n) is 8.74. The van der Waals surface area contributed by atoms with Crippen molar-refractivity contribution in [1.29, 1.82) is 0 Å². The van der Waals surface area contributed by atoms with Crippen molar-refractivity contribution in [3.63, 3.8) is 0 Å². The first kappa shape index (κ1) is 35.4. The predicted octanol–water partition coefficient (Wildman–Crippen LogP) is 12.0. The molecule has 5 heteroatoms. The maximum absolute atomic E-state index is 2.58. The fourth-order valence-corrected chi connectivity index (χ4v) is 22.3. The van der Waals surface area contributed by atoms with Crippen LogP contribution in [0.3, 0.4) is 0 Å². The summed E-state index contributed by atoms with van der Waals surface area (Å²) in [6.07, 6.45) is 4.42. The molecule has 0 heterocycles. The Kier molecular flexibility index (Phi) is 13.3. The van der Waals surface area contributed by atoms with Gasteiger partial charge in [-0.2, -0.15) is 0 Å². The van der Waals surface area contributed by atoms with Crippen LogP contribution in [-0.4, -0.2) is 38.1 Å². The van der Waals surface area contributed by atoms with E-state index >= 15 is 0 Å². The first-order valence-corrected chi connectivity index (χ1v) is 32.1. The Morgan fingerprint density at radius 1 is 0.452 bits per heavy atom. The van der Waals surface area contributed by atoms with Crippen molar-refractivity contribution in [3.8, 4) is 11.1 Å². The highest BCUT2D eigenvalue weighted by molar-refractivity contribution is 7.75. The zero-order valence-electron chi connectivity index (χ0n) is 28.6. The normalized spacial score (nSPS) is 13.7. The van der Waals surface area contributed by atoms with Crippen molar-refractivity contribution < 1.29 is 0 Å². The summed E-state index contributed by atoms with van der Waals surface area (Å²) in [4.78, 5) is 0. The molecular formula is C37H61PSi4. The molecule has 0 N–H and O–H groups in total. The Hall–Kier alpha value is -1.04. The lowest BCUT2D eigenvalue weighted by molar-refractivity contribution is 0.904. The molecule has 0 radical (unpaired) electrons. The molecule has 0 saturated carbocycles. The van der Waals surface area contributed by atoms with E-state index in [1.165, 1.54) is 54.3 Å². The Bertz CT molecular complexity index is 1140. The SMILES string of the molecule is C[Si](C)(C)CCC[Si](CCC[Si](C)(C)C)(CCC[Si](C)(C)C)CP(c1ccccc1)c1ccccc1-c1ccccc1. The summed E-state index contributed by atoms with van der Waals surface area (Å²) >= 11 is 0. The molecular weight excluding hydrogens is 588 g/mol. The Balaban J connectivity index is 2.10. The molecule has 0 nitrogen and oxygen atoms in total. The van der Waals surface area contributed by atoms with E-state index in [-0.39, 0.29) is 0 Å². The van der Waals surface area contributed by atoms with Gasteiger partial charge in [-0.1, -0.05) is 199 Å². The summed E-state index contributed by atoms with van der Waals surface area (Å²) in [6, 6.07) is 41.5. The standard InChI is InChI=1S/C37H61PSi4/c1-39(2,3)27-18-30-42(31-19-28-40(4,5)6,32-20-29-41(7,8)9)33-38(35-23-14-11-15-24-35)37-26-17-16-25-36(37)34-21-12-10-13-22-34/h10-17,21-26H,18-20,27-33H2,1-9H3. The van der Waals surface area contributed by atoms with Gasteiger partial charge < -0.3 is 0 Å². The lowest BCUT2D eigenvalue weighted by atomic mass is 10.1. The minimum Gasteiger partial charge on any atom is -0.0695 e. The average molecular weight is 649 g/mol. The fraction of sp³-hybridized carbons (Fsp3) is 0.514. The van der Waals surface area contributed by atoms with Gasteiger partial charge in [0, 0.05) is 24.2 Å². The molecule has 0 fully saturated rings. The molecule has 3 aromatic carbocycles. The minimum atomic E-state index is -1.55. The molecule has 0 spiro atoms. The lowest BCUT2D eigenvalue weighted by Crippen LogP contribution is -2.42. The van der Waals surface area contributed by atoms with Crippen LogP contribution < -0.4 is 10.6 Å². The van der Waals surface area contributed by atoms with Crippen molar-refractivity contribution in [3.05, 3.63) is 84.9 Å². The van der Waals surface area contributed by atoms with Gasteiger partial charge in [-0.15, -0.1) is 0 Å². The lowest BCUT2D eigenvalue weighted by Gasteiger charge is -2.38. The molecule has 3 rings (SSSR count). The van der Waals surface area contributed by atoms with Crippen LogP contribution in [0.4, 0.5) is 0 Å². The summed E-state index contributed by atoms with van der Waals surface area (Å²) in [5.41, 5.74) is 2.84. The van der Waals surface area contributed by atoms with E-state index in [1.807, 2.05) is 0 Å². The van der Waals surface area contributed by atoms with Crippen LogP contribution in [0.2, 0.25) is 95.2 Å². The van der Waals surface area contributed by atoms with Crippen LogP contribution in [0, 0.1) is 0 Å². The van der Waals surface area contributed by atoms with E-state index in [9.17, 15) is 0 Å². The Labute approximate surface area is 266 Å². The number of rotatable bonds is 17. The van der Waals surface area contributed by atoms with Crippen molar-refractivity contribution in [1.82, 2.24) is 0 Å². The second kappa shape index (κ2) is 15.8. The number of benzene rings is 3. The zero-order chi connectivity index (χ0) is 30.9. The van der Waals surface area contributed by atoms with E-state index in [0.717, 1.165) is 0 Å². The predicted molar refractivity (Wildman–Crippen MR) is 208 cm³/mol. The number of hydrogen-bond acceptors (Lipinski definition) is 0. The van der Waals surface area contributed by atoms with Gasteiger partial charge in [0.1, 0.15) is 0 Å². The van der Waals surface area contributed by atoms with Crippen LogP contribution in [0.1, 0.15) is 19.3 Å². The van der Waals surface area contributed by atoms with Crippen LogP contribution in [-0.2, 0) is 0 Å². The summed E-state index contributed by atoms with van der Waals surface area (Å²) < 4.78 is 0. The third-order valence-corrected chi connectivity index (χ3v) is 24.4. The van der Waals surface area contributed by atoms with Gasteiger partial charge in [-0.25, -0.2) is 0 Å². The average Bonchev–Trinajstić information content (AvgIpc) is 2.90. The van der Waals surface area contributed by atoms with E-state index < -0.39 is 40.2 Å². The smallest absolute Gasteiger partial charge is 0.0584 e. The van der Waals surface area contributed by atoms with E-state index in [2.05, 4.69) is 144 Å². The minimum absolute atomic E-state index is 0.421. The van der Waals surface area contributed by atoms with Crippen LogP contribution in [0.15, 0.2) is 84.9 Å². The van der Waals surface area contributed by atoms with E-state index in [4.69, 9.17) is 0 Å². The van der Waals surface area contributed by atoms with E-state index in [0.29, 0.717) is 0 Å². The first-order chi connectivity index (χ1) is 19.7. The molecule has 0 saturated heterocycles. The van der Waals surface area contributed by atoms with Gasteiger partial charge >= 0.3 is 0 Å². The van der Waals surface area contributed by atoms with Crippen molar-refractivity contribution in [2.24, 2.45) is 0 Å². The summed E-state index contributed by atoms with van der Waals surface area (Å²) in [6.45, 7) is 23.2. The maximum atomic E-state index is 2.58. The van der Waals surface area contributed by atoms with Crippen molar-refractivity contribution in [2.45, 2.75) is 114 Å². The van der Waals surface area contributed by atoms with Gasteiger partial charge in [0.25, 0.3) is 0 Å². The summed E-state index contributed by atoms with van der Waals surface area (Å²) in [5, 5.41) is 3.20. The maximum Gasteiger partial charge on any atom is 0.0584 e. The van der Waals surface area contributed by atoms with Crippen molar-refractivity contribution >= 4 is 50.8 Å². The molecule has 1 unspecified atom stereocenters. The zero-order valence-corrected chi connectivity index (χ0v) is 33.5. The fourth-order valence-electron chi connectivity index (χ4n) is 6.42. The molecule has 0 amide bonds. The Morgan fingerprint density at radius 2 is 0.857 bits per heavy atom. The van der Waals surface area contributed by atoms with Gasteiger partial charge in [0.2, 0.25) is 0 Å². The van der Waals surface area contributed by atoms with Gasteiger partial charge in [0.05, 0.1) is 8.07 Å². The third kappa shape index (κ3) is 12.5. The van der Waals surface area contributed by atoms with Crippen molar-refractivity contribution in [2.75, 3.05) is 5.79 Å². The second-order valence-electron chi connectivity index (χ2n) is 16.5. The number of hydrogen-bond donors (Lipinski definition) is 0. The van der Waals surface area contributed by atoms with E-state index in [1.54, 1.807) is 28.7 Å². The molecule has 0 aliphatic rings. The topological polar surface area (TPSA) is 0 Å². The van der Waals surface area contributed by atoms with Gasteiger partial charge in [-0.05, 0) is 35.4 Å². The summed E-state index contributed by atoms with van der Waals surface area (Å²) in [5.74, 6) is 1.47. The van der Waals surface area contributed by atoms with Crippen LogP contribution in [0.5, 0.6) is 0 Å². The highest BCUT2D eigenvalue weighted by Crippen LogP contribution is 2.45. The highest BCUT2D eigenvalue weighted by Gasteiger charge is 2.37. The monoisotopic (exact) mass is 648 g/mol. The molecule has 0 bridgehead atoms. The quantitative estimate of drug-likeness (QED) is 0.101. The van der Waals surface area contributed by atoms with Gasteiger partial charge in [-0.3, -0.25) is 0 Å². The molecule has 42 heavy (non-hydrogen) atoms. The largest absolute Gasteiger partial charge is 0.0695 e. The van der Waals surface area contributed by atoms with Gasteiger partial charge in [0.15, 0.2) is 0 Å². The Morgan fingerprint density at radius 3 is 1.31 bits per heavy atom. The first-order valence-electron chi connectivity index (χ1n) is 16.6. The molecule has 230 valence electrons. The highest BCUT2D eigenvalue weighted by atomic mass is 31.1. The molecule has 0 aromatic heterocycles. The molecule has 1 atom stereocenters.